The maximum absolute atomic E-state index is 11.9. The molecule has 2 nitrogen and oxygen atoms in total. The third-order valence-corrected chi connectivity index (χ3v) is 1.88. The van der Waals surface area contributed by atoms with Crippen molar-refractivity contribution < 1.29 is 23.1 Å². The molecule has 0 radical (unpaired) electrons. The van der Waals surface area contributed by atoms with Crippen LogP contribution in [0, 0.1) is 6.92 Å². The SMILES string of the molecule is Cc1ccc(/C([O-])=C/C(=O)C(F)(F)F)cc1. The Balaban J connectivity index is 2.94. The van der Waals surface area contributed by atoms with Gasteiger partial charge in [-0.25, -0.2) is 0 Å². The number of allylic oxidation sites excluding steroid dienone is 1. The fourth-order valence-corrected chi connectivity index (χ4v) is 1.00. The van der Waals surface area contributed by atoms with E-state index in [1.807, 2.05) is 0 Å². The van der Waals surface area contributed by atoms with Crippen molar-refractivity contribution in [1.82, 2.24) is 0 Å². The van der Waals surface area contributed by atoms with Crippen LogP contribution in [0.15, 0.2) is 30.3 Å². The predicted molar refractivity (Wildman–Crippen MR) is 50.2 cm³/mol. The number of rotatable bonds is 2. The topological polar surface area (TPSA) is 40.1 Å². The molecule has 0 fully saturated rings. The molecule has 0 aliphatic rings. The fraction of sp³-hybridized carbons (Fsp3) is 0.182. The molecule has 86 valence electrons. The van der Waals surface area contributed by atoms with Gasteiger partial charge < -0.3 is 5.11 Å². The standard InChI is InChI=1S/C11H9F3O2/c1-7-2-4-8(5-3-7)9(15)6-10(16)11(12,13)14/h2-6,15H,1H3/p-1/b9-6-. The first kappa shape index (κ1) is 12.3. The number of halogens is 3. The van der Waals surface area contributed by atoms with Gasteiger partial charge in [-0.1, -0.05) is 35.6 Å². The highest BCUT2D eigenvalue weighted by atomic mass is 19.4. The van der Waals surface area contributed by atoms with E-state index in [-0.39, 0.29) is 11.6 Å². The molecular formula is C11H8F3O2-. The van der Waals surface area contributed by atoms with Crippen molar-refractivity contribution in [1.29, 1.82) is 0 Å². The predicted octanol–water partition coefficient (Wildman–Crippen LogP) is 1.83. The average molecular weight is 229 g/mol. The van der Waals surface area contributed by atoms with Crippen molar-refractivity contribution in [3.05, 3.63) is 41.5 Å². The Morgan fingerprint density at radius 1 is 1.25 bits per heavy atom. The molecule has 1 aromatic carbocycles. The van der Waals surface area contributed by atoms with Gasteiger partial charge in [-0.05, 0) is 18.6 Å². The Morgan fingerprint density at radius 2 is 1.75 bits per heavy atom. The first-order valence-electron chi connectivity index (χ1n) is 4.37. The van der Waals surface area contributed by atoms with Gasteiger partial charge in [0.2, 0.25) is 0 Å². The lowest BCUT2D eigenvalue weighted by Gasteiger charge is -2.12. The van der Waals surface area contributed by atoms with E-state index < -0.39 is 17.7 Å². The third-order valence-electron chi connectivity index (χ3n) is 1.88. The molecule has 0 amide bonds. The summed E-state index contributed by atoms with van der Waals surface area (Å²) in [6.07, 6.45) is -4.94. The Kier molecular flexibility index (Phi) is 3.37. The van der Waals surface area contributed by atoms with Crippen LogP contribution in [-0.4, -0.2) is 12.0 Å². The van der Waals surface area contributed by atoms with Crippen LogP contribution in [0.25, 0.3) is 5.76 Å². The summed E-state index contributed by atoms with van der Waals surface area (Å²) in [4.78, 5) is 10.5. The van der Waals surface area contributed by atoms with Crippen molar-refractivity contribution in [2.45, 2.75) is 13.1 Å². The van der Waals surface area contributed by atoms with Crippen LogP contribution in [0.5, 0.6) is 0 Å². The first-order chi connectivity index (χ1) is 7.30. The fourth-order valence-electron chi connectivity index (χ4n) is 1.00. The number of ketones is 1. The van der Waals surface area contributed by atoms with Crippen LogP contribution in [0.2, 0.25) is 0 Å². The van der Waals surface area contributed by atoms with Gasteiger partial charge in [0.25, 0.3) is 5.78 Å². The summed E-state index contributed by atoms with van der Waals surface area (Å²) in [5.41, 5.74) is 0.932. The van der Waals surface area contributed by atoms with Crippen molar-refractivity contribution >= 4 is 11.5 Å². The minimum absolute atomic E-state index is 0.0585. The van der Waals surface area contributed by atoms with Crippen molar-refractivity contribution in [3.63, 3.8) is 0 Å². The minimum Gasteiger partial charge on any atom is -0.872 e. The summed E-state index contributed by atoms with van der Waals surface area (Å²) in [7, 11) is 0. The van der Waals surface area contributed by atoms with E-state index in [1.165, 1.54) is 12.1 Å². The minimum atomic E-state index is -5.00. The first-order valence-corrected chi connectivity index (χ1v) is 4.37. The van der Waals surface area contributed by atoms with Gasteiger partial charge in [-0.15, -0.1) is 0 Å². The molecule has 16 heavy (non-hydrogen) atoms. The van der Waals surface area contributed by atoms with Crippen LogP contribution in [0.1, 0.15) is 11.1 Å². The second-order valence-electron chi connectivity index (χ2n) is 3.24. The lowest BCUT2D eigenvalue weighted by Crippen LogP contribution is -2.21. The Morgan fingerprint density at radius 3 is 2.19 bits per heavy atom. The quantitative estimate of drug-likeness (QED) is 0.573. The number of carbonyl (C=O) groups excluding carboxylic acids is 1. The summed E-state index contributed by atoms with van der Waals surface area (Å²) in [6, 6.07) is 5.91. The molecule has 0 aromatic heterocycles. The summed E-state index contributed by atoms with van der Waals surface area (Å²) in [6.45, 7) is 1.78. The van der Waals surface area contributed by atoms with Crippen LogP contribution >= 0.6 is 0 Å². The van der Waals surface area contributed by atoms with E-state index in [4.69, 9.17) is 0 Å². The van der Waals surface area contributed by atoms with E-state index in [0.29, 0.717) is 0 Å². The number of alkyl halides is 3. The molecule has 0 atom stereocenters. The molecule has 0 N–H and O–H groups in total. The maximum Gasteiger partial charge on any atom is 0.454 e. The lowest BCUT2D eigenvalue weighted by molar-refractivity contribution is -0.244. The molecule has 0 unspecified atom stereocenters. The second-order valence-corrected chi connectivity index (χ2v) is 3.24. The molecule has 0 saturated carbocycles. The number of hydrogen-bond acceptors (Lipinski definition) is 2. The van der Waals surface area contributed by atoms with E-state index >= 15 is 0 Å². The molecule has 1 aromatic rings. The van der Waals surface area contributed by atoms with E-state index in [0.717, 1.165) is 5.56 Å². The molecule has 5 heteroatoms. The van der Waals surface area contributed by atoms with Gasteiger partial charge in [0.05, 0.1) is 0 Å². The maximum atomic E-state index is 11.9. The van der Waals surface area contributed by atoms with Crippen LogP contribution in [0.4, 0.5) is 13.2 Å². The normalized spacial score (nSPS) is 12.6. The van der Waals surface area contributed by atoms with Crippen molar-refractivity contribution in [2.75, 3.05) is 0 Å². The van der Waals surface area contributed by atoms with Gasteiger partial charge in [0, 0.05) is 0 Å². The van der Waals surface area contributed by atoms with E-state index in [9.17, 15) is 23.1 Å². The molecule has 0 saturated heterocycles. The largest absolute Gasteiger partial charge is 0.872 e. The Bertz CT molecular complexity index is 416. The molecule has 0 aliphatic heterocycles. The van der Waals surface area contributed by atoms with Crippen LogP contribution in [0.3, 0.4) is 0 Å². The summed E-state index contributed by atoms with van der Waals surface area (Å²) in [5.74, 6) is -3.08. The third kappa shape index (κ3) is 3.12. The van der Waals surface area contributed by atoms with Gasteiger partial charge in [-0.2, -0.15) is 13.2 Å². The van der Waals surface area contributed by atoms with Gasteiger partial charge in [-0.3, -0.25) is 4.79 Å². The second kappa shape index (κ2) is 4.38. The molecule has 0 bridgehead atoms. The molecule has 0 heterocycles. The zero-order valence-electron chi connectivity index (χ0n) is 8.34. The van der Waals surface area contributed by atoms with E-state index in [2.05, 4.69) is 0 Å². The molecule has 0 aliphatic carbocycles. The molecule has 0 spiro atoms. The Hall–Kier alpha value is -1.78. The van der Waals surface area contributed by atoms with Crippen LogP contribution in [-0.2, 0) is 4.79 Å². The summed E-state index contributed by atoms with van der Waals surface area (Å²) >= 11 is 0. The number of carbonyl (C=O) groups is 1. The van der Waals surface area contributed by atoms with Gasteiger partial charge >= 0.3 is 6.18 Å². The Labute approximate surface area is 90.0 Å². The molecular weight excluding hydrogens is 221 g/mol. The highest BCUT2D eigenvalue weighted by Gasteiger charge is 2.36. The van der Waals surface area contributed by atoms with Gasteiger partial charge in [0.15, 0.2) is 0 Å². The monoisotopic (exact) mass is 229 g/mol. The van der Waals surface area contributed by atoms with Crippen LogP contribution < -0.4 is 5.11 Å². The highest BCUT2D eigenvalue weighted by molar-refractivity contribution is 5.98. The van der Waals surface area contributed by atoms with Gasteiger partial charge in [0.1, 0.15) is 0 Å². The van der Waals surface area contributed by atoms with Crippen molar-refractivity contribution in [3.8, 4) is 0 Å². The molecule has 1 rings (SSSR count). The summed E-state index contributed by atoms with van der Waals surface area (Å²) in [5, 5.41) is 11.2. The smallest absolute Gasteiger partial charge is 0.454 e. The zero-order chi connectivity index (χ0) is 12.3. The average Bonchev–Trinajstić information content (AvgIpc) is 2.17. The number of aryl methyl sites for hydroxylation is 1. The number of benzene rings is 1. The number of hydrogen-bond donors (Lipinski definition) is 0. The summed E-state index contributed by atoms with van der Waals surface area (Å²) < 4.78 is 35.6. The lowest BCUT2D eigenvalue weighted by atomic mass is 10.1. The highest BCUT2D eigenvalue weighted by Crippen LogP contribution is 2.18. The van der Waals surface area contributed by atoms with Crippen molar-refractivity contribution in [2.24, 2.45) is 0 Å². The zero-order valence-corrected chi connectivity index (χ0v) is 8.34. The van der Waals surface area contributed by atoms with E-state index in [1.54, 1.807) is 19.1 Å².